The third-order valence-electron chi connectivity index (χ3n) is 3.89. The summed E-state index contributed by atoms with van der Waals surface area (Å²) in [5.41, 5.74) is 3.42. The largest absolute Gasteiger partial charge is 0.360 e. The molecule has 0 aliphatic carbocycles. The van der Waals surface area contributed by atoms with E-state index in [1.165, 1.54) is 0 Å². The number of halogens is 1. The highest BCUT2D eigenvalue weighted by Crippen LogP contribution is 2.37. The van der Waals surface area contributed by atoms with Crippen LogP contribution in [-0.4, -0.2) is 5.91 Å². The van der Waals surface area contributed by atoms with Crippen molar-refractivity contribution in [2.45, 2.75) is 6.17 Å². The number of fused-ring (bicyclic) bond motifs is 1. The second-order valence-corrected chi connectivity index (χ2v) is 6.52. The predicted octanol–water partition coefficient (Wildman–Crippen LogP) is 5.17. The second kappa shape index (κ2) is 5.72. The molecule has 5 heteroatoms. The topological polar surface area (TPSA) is 32.3 Å². The summed E-state index contributed by atoms with van der Waals surface area (Å²) in [4.78, 5) is 14.8. The van der Waals surface area contributed by atoms with E-state index in [4.69, 9.17) is 11.6 Å². The SMILES string of the molecule is O=C1c2ccccc2NC(c2ccsc2)N1c1ccc(Cl)cc1. The molecule has 1 aliphatic rings. The first kappa shape index (κ1) is 14.3. The minimum atomic E-state index is -0.232. The van der Waals surface area contributed by atoms with Crippen molar-refractivity contribution in [3.05, 3.63) is 81.5 Å². The average molecular weight is 341 g/mol. The predicted molar refractivity (Wildman–Crippen MR) is 95.4 cm³/mol. The number of anilines is 2. The van der Waals surface area contributed by atoms with Crippen molar-refractivity contribution < 1.29 is 4.79 Å². The standard InChI is InChI=1S/C18H13ClN2OS/c19-13-5-7-14(8-6-13)21-17(12-9-10-23-11-12)20-16-4-2-1-3-15(16)18(21)22/h1-11,17,20H. The van der Waals surface area contributed by atoms with Crippen LogP contribution >= 0.6 is 22.9 Å². The molecule has 0 saturated heterocycles. The number of carbonyl (C=O) groups is 1. The van der Waals surface area contributed by atoms with Gasteiger partial charge in [0.05, 0.1) is 5.56 Å². The number of nitrogens with zero attached hydrogens (tertiary/aromatic N) is 1. The number of amides is 1. The molecule has 1 aromatic heterocycles. The molecule has 1 N–H and O–H groups in total. The van der Waals surface area contributed by atoms with Crippen LogP contribution in [0.2, 0.25) is 5.02 Å². The van der Waals surface area contributed by atoms with Gasteiger partial charge in [0.25, 0.3) is 5.91 Å². The molecule has 0 fully saturated rings. The van der Waals surface area contributed by atoms with Gasteiger partial charge in [0, 0.05) is 22.0 Å². The van der Waals surface area contributed by atoms with Crippen molar-refractivity contribution in [1.29, 1.82) is 0 Å². The van der Waals surface area contributed by atoms with E-state index < -0.39 is 0 Å². The smallest absolute Gasteiger partial charge is 0.262 e. The Kier molecular flexibility index (Phi) is 3.56. The number of para-hydroxylation sites is 1. The molecule has 3 aromatic rings. The zero-order valence-electron chi connectivity index (χ0n) is 12.1. The third-order valence-corrected chi connectivity index (χ3v) is 4.84. The molecule has 1 unspecified atom stereocenters. The van der Waals surface area contributed by atoms with Crippen molar-refractivity contribution in [3.63, 3.8) is 0 Å². The van der Waals surface area contributed by atoms with Crippen LogP contribution in [0.3, 0.4) is 0 Å². The molecule has 1 amide bonds. The zero-order valence-corrected chi connectivity index (χ0v) is 13.6. The van der Waals surface area contributed by atoms with Crippen LogP contribution in [0.5, 0.6) is 0 Å². The first-order valence-electron chi connectivity index (χ1n) is 7.21. The molecule has 2 heterocycles. The fourth-order valence-electron chi connectivity index (χ4n) is 2.79. The minimum absolute atomic E-state index is 0.0159. The van der Waals surface area contributed by atoms with Crippen LogP contribution in [0, 0.1) is 0 Å². The summed E-state index contributed by atoms with van der Waals surface area (Å²) in [6.45, 7) is 0. The Bertz CT molecular complexity index is 846. The number of benzene rings is 2. The van der Waals surface area contributed by atoms with Crippen LogP contribution in [0.15, 0.2) is 65.4 Å². The summed E-state index contributed by atoms with van der Waals surface area (Å²) >= 11 is 7.60. The van der Waals surface area contributed by atoms with Crippen molar-refractivity contribution in [2.75, 3.05) is 10.2 Å². The van der Waals surface area contributed by atoms with Crippen molar-refractivity contribution in [3.8, 4) is 0 Å². The normalized spacial score (nSPS) is 16.8. The maximum absolute atomic E-state index is 13.1. The van der Waals surface area contributed by atoms with Gasteiger partial charge in [0.15, 0.2) is 0 Å². The molecule has 114 valence electrons. The van der Waals surface area contributed by atoms with Crippen molar-refractivity contribution in [1.82, 2.24) is 0 Å². The van der Waals surface area contributed by atoms with Crippen molar-refractivity contribution >= 4 is 40.2 Å². The quantitative estimate of drug-likeness (QED) is 0.697. The molecule has 2 aromatic carbocycles. The summed E-state index contributed by atoms with van der Waals surface area (Å²) in [7, 11) is 0. The Hall–Kier alpha value is -2.30. The van der Waals surface area contributed by atoms with E-state index in [1.54, 1.807) is 28.4 Å². The Balaban J connectivity index is 1.85. The van der Waals surface area contributed by atoms with Crippen LogP contribution in [0.4, 0.5) is 11.4 Å². The van der Waals surface area contributed by atoms with E-state index in [2.05, 4.69) is 10.7 Å². The second-order valence-electron chi connectivity index (χ2n) is 5.30. The van der Waals surface area contributed by atoms with E-state index in [0.29, 0.717) is 10.6 Å². The van der Waals surface area contributed by atoms with E-state index >= 15 is 0 Å². The average Bonchev–Trinajstić information content (AvgIpc) is 3.10. The fraction of sp³-hybridized carbons (Fsp3) is 0.0556. The third kappa shape index (κ3) is 2.50. The van der Waals surface area contributed by atoms with Crippen molar-refractivity contribution in [2.24, 2.45) is 0 Å². The van der Waals surface area contributed by atoms with Gasteiger partial charge in [-0.15, -0.1) is 0 Å². The molecule has 0 saturated carbocycles. The zero-order chi connectivity index (χ0) is 15.8. The summed E-state index contributed by atoms with van der Waals surface area (Å²) in [5.74, 6) is -0.0159. The molecular formula is C18H13ClN2OS. The van der Waals surface area contributed by atoms with Gasteiger partial charge in [-0.3, -0.25) is 9.69 Å². The van der Waals surface area contributed by atoms with Gasteiger partial charge >= 0.3 is 0 Å². The summed E-state index contributed by atoms with van der Waals surface area (Å²) in [5, 5.41) is 8.20. The maximum Gasteiger partial charge on any atom is 0.262 e. The van der Waals surface area contributed by atoms with Gasteiger partial charge in [-0.1, -0.05) is 23.7 Å². The monoisotopic (exact) mass is 340 g/mol. The molecule has 1 atom stereocenters. The summed E-state index contributed by atoms with van der Waals surface area (Å²) < 4.78 is 0. The number of thiophene rings is 1. The molecule has 1 aliphatic heterocycles. The first-order valence-corrected chi connectivity index (χ1v) is 8.53. The van der Waals surface area contributed by atoms with Crippen LogP contribution in [0.1, 0.15) is 22.1 Å². The lowest BCUT2D eigenvalue weighted by Crippen LogP contribution is -2.43. The molecular weight excluding hydrogens is 328 g/mol. The number of hydrogen-bond donors (Lipinski definition) is 1. The Morgan fingerprint density at radius 3 is 2.57 bits per heavy atom. The van der Waals surface area contributed by atoms with Gasteiger partial charge in [-0.05, 0) is 53.2 Å². The van der Waals surface area contributed by atoms with Crippen LogP contribution < -0.4 is 10.2 Å². The number of rotatable bonds is 2. The fourth-order valence-corrected chi connectivity index (χ4v) is 3.59. The van der Waals surface area contributed by atoms with Crippen LogP contribution in [0.25, 0.3) is 0 Å². The molecule has 0 radical (unpaired) electrons. The Morgan fingerprint density at radius 2 is 1.83 bits per heavy atom. The Labute approximate surface area is 143 Å². The van der Waals surface area contributed by atoms with Gasteiger partial charge < -0.3 is 5.32 Å². The van der Waals surface area contributed by atoms with E-state index in [-0.39, 0.29) is 12.1 Å². The van der Waals surface area contributed by atoms with Crippen LogP contribution in [-0.2, 0) is 0 Å². The Morgan fingerprint density at radius 1 is 1.04 bits per heavy atom. The van der Waals surface area contributed by atoms with E-state index in [0.717, 1.165) is 16.9 Å². The first-order chi connectivity index (χ1) is 11.2. The number of carbonyl (C=O) groups excluding carboxylic acids is 1. The highest BCUT2D eigenvalue weighted by atomic mass is 35.5. The van der Waals surface area contributed by atoms with Gasteiger partial charge in [0.1, 0.15) is 6.17 Å². The molecule has 23 heavy (non-hydrogen) atoms. The van der Waals surface area contributed by atoms with Gasteiger partial charge in [-0.25, -0.2) is 0 Å². The maximum atomic E-state index is 13.1. The number of hydrogen-bond acceptors (Lipinski definition) is 3. The highest BCUT2D eigenvalue weighted by molar-refractivity contribution is 7.08. The van der Waals surface area contributed by atoms with Gasteiger partial charge in [-0.2, -0.15) is 11.3 Å². The molecule has 0 bridgehead atoms. The lowest BCUT2D eigenvalue weighted by Gasteiger charge is -2.37. The lowest BCUT2D eigenvalue weighted by molar-refractivity contribution is 0.0975. The van der Waals surface area contributed by atoms with Gasteiger partial charge in [0.2, 0.25) is 0 Å². The summed E-state index contributed by atoms with van der Waals surface area (Å²) in [6, 6.07) is 17.0. The minimum Gasteiger partial charge on any atom is -0.360 e. The molecule has 4 rings (SSSR count). The van der Waals surface area contributed by atoms with E-state index in [9.17, 15) is 4.79 Å². The van der Waals surface area contributed by atoms with E-state index in [1.807, 2.05) is 47.8 Å². The lowest BCUT2D eigenvalue weighted by atomic mass is 10.0. The number of nitrogens with one attached hydrogen (secondary N) is 1. The molecule has 3 nitrogen and oxygen atoms in total. The highest BCUT2D eigenvalue weighted by Gasteiger charge is 2.34. The molecule has 0 spiro atoms. The summed E-state index contributed by atoms with van der Waals surface area (Å²) in [6.07, 6.45) is -0.232.